The molecule has 2 aliphatic rings. The van der Waals surface area contributed by atoms with Gasteiger partial charge in [0, 0.05) is 31.3 Å². The van der Waals surface area contributed by atoms with E-state index in [1.807, 2.05) is 31.6 Å². The van der Waals surface area contributed by atoms with Crippen LogP contribution in [-0.2, 0) is 25.6 Å². The molecule has 0 spiro atoms. The van der Waals surface area contributed by atoms with Crippen molar-refractivity contribution in [1.29, 1.82) is 0 Å². The molecule has 0 radical (unpaired) electrons. The molecule has 0 saturated carbocycles. The number of carbonyl (C=O) groups excluding carboxylic acids is 2. The van der Waals surface area contributed by atoms with Crippen molar-refractivity contribution in [2.24, 2.45) is 5.92 Å². The van der Waals surface area contributed by atoms with Gasteiger partial charge in [0.15, 0.2) is 0 Å². The number of nitrogens with one attached hydrogen (secondary N) is 1. The van der Waals surface area contributed by atoms with Gasteiger partial charge in [0.05, 0.1) is 18.2 Å². The van der Waals surface area contributed by atoms with Crippen LogP contribution in [0.4, 0.5) is 0 Å². The summed E-state index contributed by atoms with van der Waals surface area (Å²) in [6, 6.07) is -0.572. The van der Waals surface area contributed by atoms with Gasteiger partial charge in [-0.1, -0.05) is 0 Å². The smallest absolute Gasteiger partial charge is 0.329 e. The van der Waals surface area contributed by atoms with E-state index in [1.54, 1.807) is 6.20 Å². The van der Waals surface area contributed by atoms with Crippen LogP contribution in [0.2, 0.25) is 0 Å². The van der Waals surface area contributed by atoms with E-state index in [-0.39, 0.29) is 23.9 Å². The van der Waals surface area contributed by atoms with Gasteiger partial charge >= 0.3 is 5.97 Å². The lowest BCUT2D eigenvalue weighted by Gasteiger charge is -2.19. The third-order valence-electron chi connectivity index (χ3n) is 4.41. The first-order valence-electron chi connectivity index (χ1n) is 8.07. The highest BCUT2D eigenvalue weighted by molar-refractivity contribution is 5.87. The van der Waals surface area contributed by atoms with Crippen LogP contribution in [0.5, 0.6) is 0 Å². The minimum absolute atomic E-state index is 0.156. The van der Waals surface area contributed by atoms with Crippen molar-refractivity contribution in [2.75, 3.05) is 6.61 Å². The molecule has 1 unspecified atom stereocenters. The zero-order chi connectivity index (χ0) is 16.6. The minimum Gasteiger partial charge on any atom is -0.458 e. The summed E-state index contributed by atoms with van der Waals surface area (Å²) in [6.45, 7) is 6.99. The monoisotopic (exact) mass is 321 g/mol. The number of hydrogen-bond acceptors (Lipinski definition) is 5. The second kappa shape index (κ2) is 5.96. The fraction of sp³-hybridized carbons (Fsp3) is 0.688. The fourth-order valence-corrected chi connectivity index (χ4v) is 3.23. The van der Waals surface area contributed by atoms with Crippen molar-refractivity contribution in [2.45, 2.75) is 57.9 Å². The van der Waals surface area contributed by atoms with Gasteiger partial charge in [0.1, 0.15) is 11.6 Å². The molecule has 7 heteroatoms. The number of ether oxygens (including phenoxy) is 2. The summed E-state index contributed by atoms with van der Waals surface area (Å²) in [7, 11) is 0. The molecule has 3 rings (SSSR count). The number of hydrogen-bond donors (Lipinski definition) is 1. The van der Waals surface area contributed by atoms with E-state index in [4.69, 9.17) is 9.47 Å². The minimum atomic E-state index is -0.572. The van der Waals surface area contributed by atoms with Crippen LogP contribution in [0.3, 0.4) is 0 Å². The van der Waals surface area contributed by atoms with Gasteiger partial charge in [0.25, 0.3) is 0 Å². The van der Waals surface area contributed by atoms with Gasteiger partial charge < -0.3 is 14.8 Å². The SMILES string of the molecule is CCn1cc([C@H]2OCC[C@@H]2C(=O)NC2CC(C)(C)OC2=O)cn1. The van der Waals surface area contributed by atoms with Crippen molar-refractivity contribution in [1.82, 2.24) is 15.1 Å². The van der Waals surface area contributed by atoms with E-state index in [9.17, 15) is 9.59 Å². The zero-order valence-electron chi connectivity index (χ0n) is 13.7. The van der Waals surface area contributed by atoms with Crippen LogP contribution < -0.4 is 5.32 Å². The molecule has 2 saturated heterocycles. The van der Waals surface area contributed by atoms with Crippen molar-refractivity contribution >= 4 is 11.9 Å². The predicted molar refractivity (Wildman–Crippen MR) is 81.4 cm³/mol. The maximum atomic E-state index is 12.6. The molecule has 1 N–H and O–H groups in total. The standard InChI is InChI=1S/C16H23N3O4/c1-4-19-9-10(8-17-19)13-11(5-6-22-13)14(20)18-12-7-16(2,3)23-15(12)21/h8-9,11-13H,4-7H2,1-3H3,(H,18,20)/t11-,12?,13+/m0/s1. The fourth-order valence-electron chi connectivity index (χ4n) is 3.23. The van der Waals surface area contributed by atoms with Crippen molar-refractivity contribution in [3.05, 3.63) is 18.0 Å². The first kappa shape index (κ1) is 16.0. The summed E-state index contributed by atoms with van der Waals surface area (Å²) < 4.78 is 12.8. The molecular formula is C16H23N3O4. The van der Waals surface area contributed by atoms with Crippen LogP contribution >= 0.6 is 0 Å². The molecule has 23 heavy (non-hydrogen) atoms. The maximum absolute atomic E-state index is 12.6. The Labute approximate surface area is 135 Å². The molecule has 0 aromatic carbocycles. The summed E-state index contributed by atoms with van der Waals surface area (Å²) in [5, 5.41) is 7.06. The Hall–Kier alpha value is -1.89. The number of cyclic esters (lactones) is 1. The number of nitrogens with zero attached hydrogens (tertiary/aromatic N) is 2. The third kappa shape index (κ3) is 3.24. The largest absolute Gasteiger partial charge is 0.458 e. The molecule has 2 aliphatic heterocycles. The van der Waals surface area contributed by atoms with Crippen LogP contribution in [0, 0.1) is 5.92 Å². The molecule has 0 aliphatic carbocycles. The average molecular weight is 321 g/mol. The lowest BCUT2D eigenvalue weighted by atomic mass is 9.95. The molecule has 3 heterocycles. The summed E-state index contributed by atoms with van der Waals surface area (Å²) in [5.41, 5.74) is 0.377. The van der Waals surface area contributed by atoms with Gasteiger partial charge in [-0.25, -0.2) is 4.79 Å². The number of carbonyl (C=O) groups is 2. The van der Waals surface area contributed by atoms with Crippen LogP contribution in [0.25, 0.3) is 0 Å². The molecule has 1 aromatic heterocycles. The molecule has 3 atom stereocenters. The topological polar surface area (TPSA) is 82.5 Å². The average Bonchev–Trinajstić information content (AvgIpc) is 3.17. The second-order valence-corrected chi connectivity index (χ2v) is 6.76. The van der Waals surface area contributed by atoms with E-state index in [0.717, 1.165) is 12.1 Å². The number of aryl methyl sites for hydroxylation is 1. The predicted octanol–water partition coefficient (Wildman–Crippen LogP) is 1.19. The Morgan fingerprint density at radius 3 is 2.91 bits per heavy atom. The lowest BCUT2D eigenvalue weighted by molar-refractivity contribution is -0.148. The second-order valence-electron chi connectivity index (χ2n) is 6.76. The first-order valence-corrected chi connectivity index (χ1v) is 8.07. The van der Waals surface area contributed by atoms with Crippen molar-refractivity contribution in [3.8, 4) is 0 Å². The van der Waals surface area contributed by atoms with Crippen LogP contribution in [0.15, 0.2) is 12.4 Å². The van der Waals surface area contributed by atoms with E-state index in [0.29, 0.717) is 19.4 Å². The highest BCUT2D eigenvalue weighted by atomic mass is 16.6. The molecule has 0 bridgehead atoms. The molecule has 1 amide bonds. The van der Waals surface area contributed by atoms with E-state index < -0.39 is 11.6 Å². The Morgan fingerprint density at radius 2 is 2.30 bits per heavy atom. The number of rotatable bonds is 4. The van der Waals surface area contributed by atoms with Crippen molar-refractivity contribution in [3.63, 3.8) is 0 Å². The number of aromatic nitrogens is 2. The third-order valence-corrected chi connectivity index (χ3v) is 4.41. The molecule has 126 valence electrons. The van der Waals surface area contributed by atoms with Gasteiger partial charge in [-0.15, -0.1) is 0 Å². The van der Waals surface area contributed by atoms with Gasteiger partial charge in [-0.2, -0.15) is 5.10 Å². The Morgan fingerprint density at radius 1 is 1.52 bits per heavy atom. The number of amides is 1. The summed E-state index contributed by atoms with van der Waals surface area (Å²) in [6.07, 6.45) is 4.47. The normalized spacial score (nSPS) is 29.5. The molecule has 2 fully saturated rings. The summed E-state index contributed by atoms with van der Waals surface area (Å²) in [5.74, 6) is -0.824. The molecular weight excluding hydrogens is 298 g/mol. The van der Waals surface area contributed by atoms with Crippen LogP contribution in [0.1, 0.15) is 45.3 Å². The van der Waals surface area contributed by atoms with E-state index >= 15 is 0 Å². The highest BCUT2D eigenvalue weighted by Gasteiger charge is 2.43. The summed E-state index contributed by atoms with van der Waals surface area (Å²) >= 11 is 0. The Balaban J connectivity index is 1.68. The van der Waals surface area contributed by atoms with Gasteiger partial charge in [0.2, 0.25) is 5.91 Å². The van der Waals surface area contributed by atoms with Gasteiger partial charge in [-0.3, -0.25) is 9.48 Å². The molecule has 7 nitrogen and oxygen atoms in total. The van der Waals surface area contributed by atoms with Crippen molar-refractivity contribution < 1.29 is 19.1 Å². The molecule has 1 aromatic rings. The lowest BCUT2D eigenvalue weighted by Crippen LogP contribution is -2.42. The highest BCUT2D eigenvalue weighted by Crippen LogP contribution is 2.35. The Bertz CT molecular complexity index is 610. The quantitative estimate of drug-likeness (QED) is 0.842. The summed E-state index contributed by atoms with van der Waals surface area (Å²) in [4.78, 5) is 24.4. The van der Waals surface area contributed by atoms with Crippen LogP contribution in [-0.4, -0.2) is 39.9 Å². The Kier molecular flexibility index (Phi) is 4.14. The van der Waals surface area contributed by atoms with E-state index in [2.05, 4.69) is 10.4 Å². The van der Waals surface area contributed by atoms with E-state index in [1.165, 1.54) is 0 Å². The zero-order valence-corrected chi connectivity index (χ0v) is 13.7. The maximum Gasteiger partial charge on any atom is 0.329 e. The first-order chi connectivity index (χ1) is 10.9. The number of esters is 1. The van der Waals surface area contributed by atoms with Gasteiger partial charge in [-0.05, 0) is 27.2 Å².